The van der Waals surface area contributed by atoms with E-state index in [9.17, 15) is 4.39 Å². The highest BCUT2D eigenvalue weighted by atomic mass is 19.1. The van der Waals surface area contributed by atoms with E-state index in [4.69, 9.17) is 4.74 Å². The normalized spacial score (nSPS) is 20.6. The van der Waals surface area contributed by atoms with Crippen molar-refractivity contribution in [3.8, 4) is 0 Å². The average molecular weight is 280 g/mol. The highest BCUT2D eigenvalue weighted by Gasteiger charge is 2.21. The third kappa shape index (κ3) is 3.78. The molecule has 1 aliphatic rings. The second-order valence-corrected chi connectivity index (χ2v) is 5.64. The van der Waals surface area contributed by atoms with Gasteiger partial charge in [-0.3, -0.25) is 0 Å². The molecule has 3 nitrogen and oxygen atoms in total. The Morgan fingerprint density at radius 3 is 2.90 bits per heavy atom. The summed E-state index contributed by atoms with van der Waals surface area (Å²) in [5, 5.41) is 3.29. The molecule has 0 amide bonds. The molecule has 1 fully saturated rings. The van der Waals surface area contributed by atoms with Crippen molar-refractivity contribution in [2.75, 3.05) is 33.9 Å². The molecular weight excluding hydrogens is 255 g/mol. The van der Waals surface area contributed by atoms with Crippen molar-refractivity contribution in [2.24, 2.45) is 0 Å². The molecule has 2 unspecified atom stereocenters. The first-order valence-corrected chi connectivity index (χ1v) is 7.33. The third-order valence-corrected chi connectivity index (χ3v) is 4.25. The summed E-state index contributed by atoms with van der Waals surface area (Å²) in [7, 11) is 4.07. The van der Waals surface area contributed by atoms with Gasteiger partial charge in [0.15, 0.2) is 0 Å². The largest absolute Gasteiger partial charge is 0.380 e. The Labute approximate surface area is 121 Å². The molecule has 1 heterocycles. The number of halogens is 1. The molecule has 0 saturated carbocycles. The molecule has 0 radical (unpaired) electrons. The SMILES string of the molecule is CNC(CCN(C)C1CCOC1)c1ccc(C)c(F)c1. The van der Waals surface area contributed by atoms with E-state index < -0.39 is 0 Å². The van der Waals surface area contributed by atoms with Gasteiger partial charge in [0.05, 0.1) is 6.61 Å². The van der Waals surface area contributed by atoms with E-state index in [1.54, 1.807) is 13.0 Å². The van der Waals surface area contributed by atoms with Crippen LogP contribution in [0.5, 0.6) is 0 Å². The minimum absolute atomic E-state index is 0.125. The van der Waals surface area contributed by atoms with Gasteiger partial charge < -0.3 is 15.0 Å². The van der Waals surface area contributed by atoms with Crippen molar-refractivity contribution in [2.45, 2.75) is 31.8 Å². The molecule has 0 aliphatic carbocycles. The number of rotatable bonds is 6. The van der Waals surface area contributed by atoms with Crippen LogP contribution in [0.4, 0.5) is 4.39 Å². The zero-order valence-corrected chi connectivity index (χ0v) is 12.7. The quantitative estimate of drug-likeness (QED) is 0.866. The molecule has 2 atom stereocenters. The molecule has 1 saturated heterocycles. The molecular formula is C16H25FN2O. The van der Waals surface area contributed by atoms with Gasteiger partial charge in [-0.1, -0.05) is 12.1 Å². The Morgan fingerprint density at radius 2 is 2.30 bits per heavy atom. The van der Waals surface area contributed by atoms with Gasteiger partial charge in [-0.15, -0.1) is 0 Å². The van der Waals surface area contributed by atoms with E-state index in [0.29, 0.717) is 11.6 Å². The zero-order chi connectivity index (χ0) is 14.5. The minimum Gasteiger partial charge on any atom is -0.380 e. The Hall–Kier alpha value is -0.970. The van der Waals surface area contributed by atoms with Crippen molar-refractivity contribution < 1.29 is 9.13 Å². The number of hydrogen-bond acceptors (Lipinski definition) is 3. The van der Waals surface area contributed by atoms with Crippen LogP contribution in [0.2, 0.25) is 0 Å². The van der Waals surface area contributed by atoms with Crippen LogP contribution in [0, 0.1) is 12.7 Å². The van der Waals surface area contributed by atoms with Gasteiger partial charge in [-0.2, -0.15) is 0 Å². The van der Waals surface area contributed by atoms with Crippen LogP contribution in [0.25, 0.3) is 0 Å². The van der Waals surface area contributed by atoms with E-state index in [1.807, 2.05) is 19.2 Å². The molecule has 1 aromatic carbocycles. The summed E-state index contributed by atoms with van der Waals surface area (Å²) in [6.07, 6.45) is 2.08. The second kappa shape index (κ2) is 7.16. The summed E-state index contributed by atoms with van der Waals surface area (Å²) in [4.78, 5) is 2.35. The standard InChI is InChI=1S/C16H25FN2O/c1-12-4-5-13(10-15(12)17)16(18-2)6-8-19(3)14-7-9-20-11-14/h4-5,10,14,16,18H,6-9,11H2,1-3H3. The summed E-state index contributed by atoms with van der Waals surface area (Å²) in [5.74, 6) is -0.125. The number of benzene rings is 1. The molecule has 0 aromatic heterocycles. The van der Waals surface area contributed by atoms with E-state index in [1.165, 1.54) is 0 Å². The molecule has 1 aliphatic heterocycles. The highest BCUT2D eigenvalue weighted by molar-refractivity contribution is 5.25. The predicted octanol–water partition coefficient (Wildman–Crippen LogP) is 2.51. The van der Waals surface area contributed by atoms with Crippen LogP contribution in [-0.2, 0) is 4.74 Å². The smallest absolute Gasteiger partial charge is 0.126 e. The van der Waals surface area contributed by atoms with Crippen LogP contribution in [0.1, 0.15) is 30.0 Å². The summed E-state index contributed by atoms with van der Waals surface area (Å²) in [6, 6.07) is 6.23. The van der Waals surface area contributed by atoms with Crippen molar-refractivity contribution >= 4 is 0 Å². The van der Waals surface area contributed by atoms with Gasteiger partial charge in [0.25, 0.3) is 0 Å². The fourth-order valence-corrected chi connectivity index (χ4v) is 2.69. The first-order chi connectivity index (χ1) is 9.61. The Kier molecular flexibility index (Phi) is 5.52. The first kappa shape index (κ1) is 15.4. The second-order valence-electron chi connectivity index (χ2n) is 5.64. The van der Waals surface area contributed by atoms with Crippen LogP contribution in [0.15, 0.2) is 18.2 Å². The van der Waals surface area contributed by atoms with E-state index >= 15 is 0 Å². The van der Waals surface area contributed by atoms with Crippen molar-refractivity contribution in [3.63, 3.8) is 0 Å². The minimum atomic E-state index is -0.125. The van der Waals surface area contributed by atoms with Gasteiger partial charge in [0.1, 0.15) is 5.82 Å². The van der Waals surface area contributed by atoms with Gasteiger partial charge in [-0.05, 0) is 51.1 Å². The number of nitrogens with one attached hydrogen (secondary N) is 1. The summed E-state index contributed by atoms with van der Waals surface area (Å²) >= 11 is 0. The van der Waals surface area contributed by atoms with Crippen molar-refractivity contribution in [3.05, 3.63) is 35.1 Å². The molecule has 4 heteroatoms. The van der Waals surface area contributed by atoms with Crippen molar-refractivity contribution in [1.29, 1.82) is 0 Å². The van der Waals surface area contributed by atoms with Crippen LogP contribution < -0.4 is 5.32 Å². The topological polar surface area (TPSA) is 24.5 Å². The third-order valence-electron chi connectivity index (χ3n) is 4.25. The van der Waals surface area contributed by atoms with Gasteiger partial charge in [0, 0.05) is 25.2 Å². The lowest BCUT2D eigenvalue weighted by Gasteiger charge is -2.25. The molecule has 0 bridgehead atoms. The Morgan fingerprint density at radius 1 is 1.50 bits per heavy atom. The van der Waals surface area contributed by atoms with Crippen LogP contribution in [-0.4, -0.2) is 44.8 Å². The van der Waals surface area contributed by atoms with Crippen LogP contribution in [0.3, 0.4) is 0 Å². The highest BCUT2D eigenvalue weighted by Crippen LogP contribution is 2.20. The van der Waals surface area contributed by atoms with E-state index in [0.717, 1.165) is 38.2 Å². The van der Waals surface area contributed by atoms with Crippen LogP contribution >= 0.6 is 0 Å². The number of aryl methyl sites for hydroxylation is 1. The van der Waals surface area contributed by atoms with Crippen molar-refractivity contribution in [1.82, 2.24) is 10.2 Å². The first-order valence-electron chi connectivity index (χ1n) is 7.33. The predicted molar refractivity (Wildman–Crippen MR) is 79.4 cm³/mol. The summed E-state index contributed by atoms with van der Waals surface area (Å²) in [6.45, 7) is 4.48. The maximum atomic E-state index is 13.7. The van der Waals surface area contributed by atoms with Gasteiger partial charge in [0.2, 0.25) is 0 Å². The Bertz CT molecular complexity index is 432. The summed E-state index contributed by atoms with van der Waals surface area (Å²) in [5.41, 5.74) is 1.72. The zero-order valence-electron chi connectivity index (χ0n) is 12.7. The number of hydrogen-bond donors (Lipinski definition) is 1. The average Bonchev–Trinajstić information content (AvgIpc) is 2.97. The van der Waals surface area contributed by atoms with Gasteiger partial charge >= 0.3 is 0 Å². The monoisotopic (exact) mass is 280 g/mol. The molecule has 1 aromatic rings. The maximum absolute atomic E-state index is 13.7. The summed E-state index contributed by atoms with van der Waals surface area (Å²) < 4.78 is 19.1. The molecule has 2 rings (SSSR count). The maximum Gasteiger partial charge on any atom is 0.126 e. The lowest BCUT2D eigenvalue weighted by molar-refractivity contribution is 0.157. The number of nitrogens with zero attached hydrogens (tertiary/aromatic N) is 1. The lowest BCUT2D eigenvalue weighted by atomic mass is 10.0. The fourth-order valence-electron chi connectivity index (χ4n) is 2.69. The fraction of sp³-hybridized carbons (Fsp3) is 0.625. The molecule has 20 heavy (non-hydrogen) atoms. The van der Waals surface area contributed by atoms with Gasteiger partial charge in [-0.25, -0.2) is 4.39 Å². The molecule has 112 valence electrons. The lowest BCUT2D eigenvalue weighted by Crippen LogP contribution is -2.34. The molecule has 0 spiro atoms. The van der Waals surface area contributed by atoms with E-state index in [2.05, 4.69) is 17.3 Å². The Balaban J connectivity index is 1.92. The number of ether oxygens (including phenoxy) is 1. The number of likely N-dealkylation sites (N-methyl/N-ethyl adjacent to an activating group) is 1. The molecule has 1 N–H and O–H groups in total. The van der Waals surface area contributed by atoms with E-state index in [-0.39, 0.29) is 11.9 Å².